The first-order chi connectivity index (χ1) is 7.21. The van der Waals surface area contributed by atoms with E-state index in [9.17, 15) is 9.18 Å². The second-order valence-electron chi connectivity index (χ2n) is 4.02. The number of fused-ring (bicyclic) bond motifs is 1. The van der Waals surface area contributed by atoms with Gasteiger partial charge in [0.25, 0.3) is 0 Å². The van der Waals surface area contributed by atoms with Gasteiger partial charge in [-0.2, -0.15) is 0 Å². The number of carbonyl (C=O) groups is 1. The van der Waals surface area contributed by atoms with Crippen LogP contribution in [0, 0.1) is 5.82 Å². The van der Waals surface area contributed by atoms with E-state index in [0.29, 0.717) is 10.6 Å². The summed E-state index contributed by atoms with van der Waals surface area (Å²) in [4.78, 5) is 12.4. The van der Waals surface area contributed by atoms with Crippen LogP contribution in [0.2, 0.25) is 0 Å². The Morgan fingerprint density at radius 1 is 1.40 bits per heavy atom. The molecule has 1 fully saturated rings. The number of benzene rings is 1. The van der Waals surface area contributed by atoms with Crippen molar-refractivity contribution < 1.29 is 9.18 Å². The molecule has 1 aliphatic heterocycles. The minimum absolute atomic E-state index is 0.0388. The molecule has 1 spiro atoms. The number of hydrogen-bond acceptors (Lipinski definition) is 2. The highest BCUT2D eigenvalue weighted by molar-refractivity contribution is 8.01. The number of rotatable bonds is 0. The zero-order chi connectivity index (χ0) is 10.5. The molecule has 0 unspecified atom stereocenters. The Bertz CT molecular complexity index is 442. The van der Waals surface area contributed by atoms with E-state index >= 15 is 0 Å². The van der Waals surface area contributed by atoms with Gasteiger partial charge in [-0.15, -0.1) is 11.8 Å². The molecule has 0 aromatic heterocycles. The van der Waals surface area contributed by atoms with Crippen molar-refractivity contribution in [1.82, 2.24) is 0 Å². The quantitative estimate of drug-likeness (QED) is 0.732. The van der Waals surface area contributed by atoms with Gasteiger partial charge in [-0.3, -0.25) is 4.79 Å². The number of amides is 1. The molecule has 0 atom stereocenters. The largest absolute Gasteiger partial charge is 0.324 e. The van der Waals surface area contributed by atoms with Crippen molar-refractivity contribution in [2.24, 2.45) is 0 Å². The number of halogens is 1. The first kappa shape index (κ1) is 9.21. The summed E-state index contributed by atoms with van der Waals surface area (Å²) in [6.45, 7) is 0. The highest BCUT2D eigenvalue weighted by Gasteiger charge is 2.48. The Kier molecular flexibility index (Phi) is 1.83. The predicted molar refractivity (Wildman–Crippen MR) is 57.5 cm³/mol. The van der Waals surface area contributed by atoms with E-state index in [2.05, 4.69) is 5.32 Å². The maximum absolute atomic E-state index is 13.5. The fourth-order valence-corrected chi connectivity index (χ4v) is 3.44. The predicted octanol–water partition coefficient (Wildman–Crippen LogP) is 2.79. The third kappa shape index (κ3) is 1.21. The summed E-state index contributed by atoms with van der Waals surface area (Å²) in [7, 11) is 0. The van der Waals surface area contributed by atoms with Gasteiger partial charge >= 0.3 is 0 Å². The van der Waals surface area contributed by atoms with Crippen LogP contribution in [0.3, 0.4) is 0 Å². The van der Waals surface area contributed by atoms with E-state index in [-0.39, 0.29) is 16.5 Å². The van der Waals surface area contributed by atoms with Crippen LogP contribution in [-0.4, -0.2) is 10.7 Å². The van der Waals surface area contributed by atoms with Crippen molar-refractivity contribution in [2.75, 3.05) is 5.32 Å². The zero-order valence-electron chi connectivity index (χ0n) is 8.05. The number of thioether (sulfide) groups is 1. The standard InChI is InChI=1S/C11H10FNOS/c12-7-3-1-4-8-9(7)15-11(5-2-6-11)10(14)13-8/h1,3-4H,2,5-6H2,(H,13,14). The summed E-state index contributed by atoms with van der Waals surface area (Å²) >= 11 is 1.39. The molecule has 2 nitrogen and oxygen atoms in total. The van der Waals surface area contributed by atoms with Crippen molar-refractivity contribution in [3.8, 4) is 0 Å². The summed E-state index contributed by atoms with van der Waals surface area (Å²) in [6.07, 6.45) is 2.78. The van der Waals surface area contributed by atoms with Crippen LogP contribution < -0.4 is 5.32 Å². The lowest BCUT2D eigenvalue weighted by Gasteiger charge is -2.42. The van der Waals surface area contributed by atoms with Crippen molar-refractivity contribution in [3.63, 3.8) is 0 Å². The molecule has 0 saturated heterocycles. The highest BCUT2D eigenvalue weighted by atomic mass is 32.2. The average molecular weight is 223 g/mol. The van der Waals surface area contributed by atoms with Gasteiger partial charge in [-0.05, 0) is 31.4 Å². The lowest BCUT2D eigenvalue weighted by atomic mass is 9.83. The van der Waals surface area contributed by atoms with Crippen molar-refractivity contribution in [1.29, 1.82) is 0 Å². The van der Waals surface area contributed by atoms with Gasteiger partial charge in [-0.1, -0.05) is 6.07 Å². The van der Waals surface area contributed by atoms with Gasteiger partial charge in [0.1, 0.15) is 5.82 Å². The lowest BCUT2D eigenvalue weighted by Crippen LogP contribution is -2.47. The molecule has 1 aromatic rings. The Balaban J connectivity index is 2.07. The van der Waals surface area contributed by atoms with E-state index in [4.69, 9.17) is 0 Å². The van der Waals surface area contributed by atoms with Crippen LogP contribution in [0.4, 0.5) is 10.1 Å². The summed E-state index contributed by atoms with van der Waals surface area (Å²) in [5, 5.41) is 2.79. The van der Waals surface area contributed by atoms with E-state index < -0.39 is 0 Å². The fraction of sp³-hybridized carbons (Fsp3) is 0.364. The van der Waals surface area contributed by atoms with Gasteiger partial charge < -0.3 is 5.32 Å². The van der Waals surface area contributed by atoms with E-state index in [1.807, 2.05) is 0 Å². The van der Waals surface area contributed by atoms with Crippen LogP contribution in [0.5, 0.6) is 0 Å². The Hall–Kier alpha value is -1.03. The van der Waals surface area contributed by atoms with Gasteiger partial charge in [-0.25, -0.2) is 4.39 Å². The summed E-state index contributed by atoms with van der Waals surface area (Å²) in [5.41, 5.74) is 0.613. The molecule has 0 bridgehead atoms. The molecule has 1 heterocycles. The lowest BCUT2D eigenvalue weighted by molar-refractivity contribution is -0.120. The van der Waals surface area contributed by atoms with Crippen molar-refractivity contribution >= 4 is 23.4 Å². The van der Waals surface area contributed by atoms with Gasteiger partial charge in [0.05, 0.1) is 15.3 Å². The van der Waals surface area contributed by atoms with Crippen molar-refractivity contribution in [2.45, 2.75) is 28.9 Å². The normalized spacial score (nSPS) is 21.8. The fourth-order valence-electron chi connectivity index (χ4n) is 2.02. The highest BCUT2D eigenvalue weighted by Crippen LogP contribution is 2.53. The molecule has 1 saturated carbocycles. The molecular weight excluding hydrogens is 213 g/mol. The Morgan fingerprint density at radius 2 is 2.20 bits per heavy atom. The molecular formula is C11H10FNOS. The molecule has 2 aliphatic rings. The molecule has 1 aliphatic carbocycles. The minimum Gasteiger partial charge on any atom is -0.324 e. The third-order valence-corrected chi connectivity index (χ3v) is 4.69. The molecule has 15 heavy (non-hydrogen) atoms. The number of anilines is 1. The van der Waals surface area contributed by atoms with Crippen LogP contribution in [0.1, 0.15) is 19.3 Å². The average Bonchev–Trinajstić information content (AvgIpc) is 2.15. The molecule has 78 valence electrons. The number of nitrogens with one attached hydrogen (secondary N) is 1. The third-order valence-electron chi connectivity index (χ3n) is 3.09. The maximum Gasteiger partial charge on any atom is 0.241 e. The maximum atomic E-state index is 13.5. The van der Waals surface area contributed by atoms with Crippen LogP contribution in [0.15, 0.2) is 23.1 Å². The summed E-state index contributed by atoms with van der Waals surface area (Å²) < 4.78 is 13.2. The molecule has 1 amide bonds. The van der Waals surface area contributed by atoms with Gasteiger partial charge in [0.2, 0.25) is 5.91 Å². The molecule has 4 heteroatoms. The second-order valence-corrected chi connectivity index (χ2v) is 5.41. The second kappa shape index (κ2) is 2.98. The molecule has 3 rings (SSSR count). The first-order valence-electron chi connectivity index (χ1n) is 5.00. The first-order valence-corrected chi connectivity index (χ1v) is 5.82. The number of carbonyl (C=O) groups excluding carboxylic acids is 1. The summed E-state index contributed by atoms with van der Waals surface area (Å²) in [6, 6.07) is 4.80. The van der Waals surface area contributed by atoms with Crippen LogP contribution in [0.25, 0.3) is 0 Å². The van der Waals surface area contributed by atoms with E-state index in [1.165, 1.54) is 17.8 Å². The van der Waals surface area contributed by atoms with Gasteiger partial charge in [0.15, 0.2) is 0 Å². The summed E-state index contributed by atoms with van der Waals surface area (Å²) in [5.74, 6) is -0.194. The van der Waals surface area contributed by atoms with Crippen molar-refractivity contribution in [3.05, 3.63) is 24.0 Å². The van der Waals surface area contributed by atoms with Crippen LogP contribution >= 0.6 is 11.8 Å². The minimum atomic E-state index is -0.380. The van der Waals surface area contributed by atoms with E-state index in [0.717, 1.165) is 19.3 Å². The monoisotopic (exact) mass is 223 g/mol. The Morgan fingerprint density at radius 3 is 2.87 bits per heavy atom. The smallest absolute Gasteiger partial charge is 0.241 e. The van der Waals surface area contributed by atoms with E-state index in [1.54, 1.807) is 12.1 Å². The zero-order valence-corrected chi connectivity index (χ0v) is 8.86. The molecule has 0 radical (unpaired) electrons. The Labute approximate surface area is 91.2 Å². The molecule has 1 aromatic carbocycles. The van der Waals surface area contributed by atoms with Gasteiger partial charge in [0, 0.05) is 0 Å². The topological polar surface area (TPSA) is 29.1 Å². The molecule has 1 N–H and O–H groups in total. The number of hydrogen-bond donors (Lipinski definition) is 1. The SMILES string of the molecule is O=C1Nc2cccc(F)c2SC12CCC2. The van der Waals surface area contributed by atoms with Crippen LogP contribution in [-0.2, 0) is 4.79 Å².